The van der Waals surface area contributed by atoms with E-state index in [0.29, 0.717) is 0 Å². The van der Waals surface area contributed by atoms with Gasteiger partial charge in [0.1, 0.15) is 0 Å². The van der Waals surface area contributed by atoms with Gasteiger partial charge < -0.3 is 5.73 Å². The fourth-order valence-electron chi connectivity index (χ4n) is 1.66. The summed E-state index contributed by atoms with van der Waals surface area (Å²) < 4.78 is 0. The summed E-state index contributed by atoms with van der Waals surface area (Å²) in [6.07, 6.45) is 9.25. The minimum absolute atomic E-state index is 0.846. The highest BCUT2D eigenvalue weighted by atomic mass is 14.6. The van der Waals surface area contributed by atoms with Crippen LogP contribution in [0.2, 0.25) is 0 Å². The van der Waals surface area contributed by atoms with Crippen LogP contribution in [-0.2, 0) is 6.42 Å². The quantitative estimate of drug-likeness (QED) is 0.737. The molecule has 0 aliphatic rings. The van der Waals surface area contributed by atoms with Crippen LogP contribution in [0.3, 0.4) is 0 Å². The fraction of sp³-hybridized carbons (Fsp3) is 0.286. The molecule has 1 heteroatoms. The lowest BCUT2D eigenvalue weighted by Crippen LogP contribution is -1.95. The highest BCUT2D eigenvalue weighted by Gasteiger charge is 2.02. The summed E-state index contributed by atoms with van der Waals surface area (Å²) in [4.78, 5) is 0. The van der Waals surface area contributed by atoms with Gasteiger partial charge in [-0.15, -0.1) is 0 Å². The molecule has 1 aromatic carbocycles. The van der Waals surface area contributed by atoms with Crippen molar-refractivity contribution in [2.75, 3.05) is 5.73 Å². The molecule has 0 heterocycles. The Morgan fingerprint density at radius 1 is 1.07 bits per heavy atom. The van der Waals surface area contributed by atoms with Crippen molar-refractivity contribution >= 4 is 17.8 Å². The van der Waals surface area contributed by atoms with Crippen LogP contribution in [0.25, 0.3) is 12.2 Å². The van der Waals surface area contributed by atoms with Gasteiger partial charge in [0.2, 0.25) is 0 Å². The van der Waals surface area contributed by atoms with Gasteiger partial charge in [0.25, 0.3) is 0 Å². The second-order valence-corrected chi connectivity index (χ2v) is 3.53. The first kappa shape index (κ1) is 11.6. The number of anilines is 1. The molecule has 0 atom stereocenters. The molecule has 1 nitrogen and oxygen atoms in total. The van der Waals surface area contributed by atoms with E-state index in [1.807, 2.05) is 38.1 Å². The van der Waals surface area contributed by atoms with Crippen molar-refractivity contribution in [3.63, 3.8) is 0 Å². The predicted octanol–water partition coefficient (Wildman–Crippen LogP) is 3.90. The van der Waals surface area contributed by atoms with Crippen molar-refractivity contribution in [1.29, 1.82) is 0 Å². The normalized spacial score (nSPS) is 11.7. The highest BCUT2D eigenvalue weighted by molar-refractivity contribution is 5.70. The lowest BCUT2D eigenvalue weighted by atomic mass is 9.99. The first-order chi connectivity index (χ1) is 7.22. The molecule has 0 unspecified atom stereocenters. The summed E-state index contributed by atoms with van der Waals surface area (Å²) in [6, 6.07) is 4.22. The zero-order valence-electron chi connectivity index (χ0n) is 9.75. The van der Waals surface area contributed by atoms with Crippen LogP contribution >= 0.6 is 0 Å². The van der Waals surface area contributed by atoms with Gasteiger partial charge in [-0.25, -0.2) is 0 Å². The minimum Gasteiger partial charge on any atom is -0.398 e. The lowest BCUT2D eigenvalue weighted by molar-refractivity contribution is 1.13. The van der Waals surface area contributed by atoms with Crippen molar-refractivity contribution < 1.29 is 0 Å². The van der Waals surface area contributed by atoms with Gasteiger partial charge in [0.05, 0.1) is 0 Å². The molecule has 0 fully saturated rings. The Balaban J connectivity index is 3.28. The zero-order valence-corrected chi connectivity index (χ0v) is 9.75. The molecule has 1 rings (SSSR count). The molecule has 0 saturated carbocycles. The van der Waals surface area contributed by atoms with Gasteiger partial charge in [-0.05, 0) is 49.1 Å². The Morgan fingerprint density at radius 2 is 1.67 bits per heavy atom. The second kappa shape index (κ2) is 5.40. The number of nitrogens with two attached hydrogens (primary N) is 1. The van der Waals surface area contributed by atoms with Gasteiger partial charge >= 0.3 is 0 Å². The summed E-state index contributed by atoms with van der Waals surface area (Å²) in [5, 5.41) is 0. The van der Waals surface area contributed by atoms with E-state index >= 15 is 0 Å². The Morgan fingerprint density at radius 3 is 2.20 bits per heavy atom. The molecule has 0 saturated heterocycles. The van der Waals surface area contributed by atoms with Crippen molar-refractivity contribution in [3.8, 4) is 0 Å². The van der Waals surface area contributed by atoms with Crippen LogP contribution < -0.4 is 5.73 Å². The maximum Gasteiger partial charge on any atom is 0.0393 e. The lowest BCUT2D eigenvalue weighted by Gasteiger charge is -2.08. The standard InChI is InChI=1S/C14H19N/c1-4-7-12-10-14(15)13(8-5-2)9-11(12)6-3/h4-5,7-10H,6,15H2,1-3H3/b7-4+,8-5+. The third-order valence-corrected chi connectivity index (χ3v) is 2.42. The Kier molecular flexibility index (Phi) is 4.17. The van der Waals surface area contributed by atoms with E-state index in [4.69, 9.17) is 5.73 Å². The smallest absolute Gasteiger partial charge is 0.0393 e. The van der Waals surface area contributed by atoms with E-state index in [2.05, 4.69) is 19.1 Å². The maximum atomic E-state index is 5.98. The first-order valence-electron chi connectivity index (χ1n) is 5.40. The average Bonchev–Trinajstić information content (AvgIpc) is 2.22. The summed E-state index contributed by atoms with van der Waals surface area (Å²) in [5.74, 6) is 0. The predicted molar refractivity (Wildman–Crippen MR) is 69.6 cm³/mol. The third-order valence-electron chi connectivity index (χ3n) is 2.42. The largest absolute Gasteiger partial charge is 0.398 e. The molecule has 0 bridgehead atoms. The van der Waals surface area contributed by atoms with E-state index in [9.17, 15) is 0 Å². The Labute approximate surface area is 92.3 Å². The summed E-state index contributed by atoms with van der Waals surface area (Å²) in [6.45, 7) is 6.19. The highest BCUT2D eigenvalue weighted by Crippen LogP contribution is 2.22. The molecule has 1 aromatic rings. The summed E-state index contributed by atoms with van der Waals surface area (Å²) >= 11 is 0. The van der Waals surface area contributed by atoms with Gasteiger partial charge in [0.15, 0.2) is 0 Å². The van der Waals surface area contributed by atoms with Crippen LogP contribution in [-0.4, -0.2) is 0 Å². The van der Waals surface area contributed by atoms with E-state index in [1.54, 1.807) is 0 Å². The molecule has 0 aliphatic heterocycles. The number of rotatable bonds is 3. The van der Waals surface area contributed by atoms with Crippen LogP contribution in [0.1, 0.15) is 37.5 Å². The number of benzene rings is 1. The van der Waals surface area contributed by atoms with Gasteiger partial charge in [-0.3, -0.25) is 0 Å². The topological polar surface area (TPSA) is 26.0 Å². The number of allylic oxidation sites excluding steroid dienone is 2. The molecule has 2 N–H and O–H groups in total. The van der Waals surface area contributed by atoms with Crippen LogP contribution in [0.15, 0.2) is 24.3 Å². The van der Waals surface area contributed by atoms with E-state index < -0.39 is 0 Å². The van der Waals surface area contributed by atoms with Gasteiger partial charge in [0, 0.05) is 5.69 Å². The molecule has 0 radical (unpaired) electrons. The van der Waals surface area contributed by atoms with Crippen LogP contribution in [0.4, 0.5) is 5.69 Å². The molecular weight excluding hydrogens is 182 g/mol. The Bertz CT molecular complexity index is 387. The van der Waals surface area contributed by atoms with E-state index in [0.717, 1.165) is 17.7 Å². The third kappa shape index (κ3) is 2.72. The SMILES string of the molecule is C/C=C/c1cc(CC)c(/C=C/C)cc1N. The van der Waals surface area contributed by atoms with Gasteiger partial charge in [-0.2, -0.15) is 0 Å². The molecular formula is C14H19N. The first-order valence-corrected chi connectivity index (χ1v) is 5.40. The van der Waals surface area contributed by atoms with E-state index in [1.165, 1.54) is 11.1 Å². The van der Waals surface area contributed by atoms with Crippen molar-refractivity contribution in [2.24, 2.45) is 0 Å². The summed E-state index contributed by atoms with van der Waals surface area (Å²) in [7, 11) is 0. The zero-order chi connectivity index (χ0) is 11.3. The molecule has 15 heavy (non-hydrogen) atoms. The number of hydrogen-bond acceptors (Lipinski definition) is 1. The molecule has 0 aliphatic carbocycles. The monoisotopic (exact) mass is 201 g/mol. The maximum absolute atomic E-state index is 5.98. The number of nitrogen functional groups attached to an aromatic ring is 1. The Hall–Kier alpha value is -1.50. The average molecular weight is 201 g/mol. The molecule has 0 aromatic heterocycles. The molecule has 80 valence electrons. The van der Waals surface area contributed by atoms with E-state index in [-0.39, 0.29) is 0 Å². The molecule has 0 amide bonds. The summed E-state index contributed by atoms with van der Waals surface area (Å²) in [5.41, 5.74) is 10.5. The van der Waals surface area contributed by atoms with Gasteiger partial charge in [-0.1, -0.05) is 31.2 Å². The second-order valence-electron chi connectivity index (χ2n) is 3.53. The number of hydrogen-bond donors (Lipinski definition) is 1. The van der Waals surface area contributed by atoms with Crippen molar-refractivity contribution in [1.82, 2.24) is 0 Å². The van der Waals surface area contributed by atoms with Crippen LogP contribution in [0, 0.1) is 0 Å². The van der Waals surface area contributed by atoms with Crippen molar-refractivity contribution in [3.05, 3.63) is 41.0 Å². The van der Waals surface area contributed by atoms with Crippen LogP contribution in [0.5, 0.6) is 0 Å². The minimum atomic E-state index is 0.846. The van der Waals surface area contributed by atoms with Crippen molar-refractivity contribution in [2.45, 2.75) is 27.2 Å². The number of aryl methyl sites for hydroxylation is 1. The fourth-order valence-corrected chi connectivity index (χ4v) is 1.66. The molecule has 0 spiro atoms.